The molecule has 0 aromatic heterocycles. The first-order valence-corrected chi connectivity index (χ1v) is 11.8. The van der Waals surface area contributed by atoms with Crippen molar-refractivity contribution >= 4 is 11.9 Å². The molecule has 0 bridgehead atoms. The Hall–Kier alpha value is -2.70. The third kappa shape index (κ3) is 6.42. The van der Waals surface area contributed by atoms with Gasteiger partial charge in [-0.3, -0.25) is 14.5 Å². The summed E-state index contributed by atoms with van der Waals surface area (Å²) in [5, 5.41) is 9.11. The van der Waals surface area contributed by atoms with Gasteiger partial charge in [-0.05, 0) is 43.9 Å². The second kappa shape index (κ2) is 12.0. The van der Waals surface area contributed by atoms with Crippen molar-refractivity contribution in [1.29, 1.82) is 0 Å². The fourth-order valence-corrected chi connectivity index (χ4v) is 4.65. The lowest BCUT2D eigenvalue weighted by atomic mass is 10.1. The highest BCUT2D eigenvalue weighted by atomic mass is 16.5. The van der Waals surface area contributed by atoms with Crippen molar-refractivity contribution in [2.45, 2.75) is 38.8 Å². The van der Waals surface area contributed by atoms with Crippen molar-refractivity contribution in [3.05, 3.63) is 71.8 Å². The van der Waals surface area contributed by atoms with Gasteiger partial charge in [0.05, 0.1) is 19.1 Å². The maximum Gasteiger partial charge on any atom is 0.310 e. The number of carbonyl (C=O) groups is 2. The molecule has 178 valence electrons. The average molecular weight is 453 g/mol. The van der Waals surface area contributed by atoms with Crippen LogP contribution in [-0.4, -0.2) is 60.1 Å². The van der Waals surface area contributed by atoms with Crippen LogP contribution in [0, 0.1) is 11.8 Å². The number of hydrogen-bond acceptors (Lipinski definition) is 5. The van der Waals surface area contributed by atoms with Crippen molar-refractivity contribution in [3.8, 4) is 0 Å². The van der Waals surface area contributed by atoms with Gasteiger partial charge in [0.1, 0.15) is 0 Å². The Morgan fingerprint density at radius 2 is 1.58 bits per heavy atom. The summed E-state index contributed by atoms with van der Waals surface area (Å²) in [5.41, 5.74) is 2.45. The molecule has 2 aromatic carbocycles. The quantitative estimate of drug-likeness (QED) is 0.675. The number of likely N-dealkylation sites (tertiary alicyclic amines) is 2. The first kappa shape index (κ1) is 24.9. The molecule has 2 heterocycles. The lowest BCUT2D eigenvalue weighted by molar-refractivity contribution is -0.145. The van der Waals surface area contributed by atoms with Gasteiger partial charge in [-0.1, -0.05) is 60.7 Å². The monoisotopic (exact) mass is 452 g/mol. The fraction of sp³-hybridized carbons (Fsp3) is 0.481. The molecular formula is C27H36N2O4. The standard InChI is InChI=1S/C14H17NO3.C13H19NO/c1-10(11-6-4-3-5-7-11)15-9-12(8-13(15)16)14(17)18-2;1-11(13-5-3-2-4-6-13)14-8-7-12(9-14)10-15/h3-7,10,12H,8-9H2,1-2H3;2-6,11-12,15H,7-10H2,1H3/t10-,12-;11-,12-/m00/s1. The van der Waals surface area contributed by atoms with Crippen LogP contribution >= 0.6 is 0 Å². The van der Waals surface area contributed by atoms with Gasteiger partial charge in [0.15, 0.2) is 0 Å². The molecule has 0 unspecified atom stereocenters. The van der Waals surface area contributed by atoms with E-state index in [2.05, 4.69) is 42.2 Å². The topological polar surface area (TPSA) is 70.1 Å². The van der Waals surface area contributed by atoms with E-state index >= 15 is 0 Å². The molecule has 6 heteroatoms. The number of hydrogen-bond donors (Lipinski definition) is 1. The van der Waals surface area contributed by atoms with E-state index in [-0.39, 0.29) is 30.3 Å². The zero-order valence-corrected chi connectivity index (χ0v) is 19.9. The van der Waals surface area contributed by atoms with Crippen LogP contribution < -0.4 is 0 Å². The van der Waals surface area contributed by atoms with Gasteiger partial charge in [0.25, 0.3) is 0 Å². The van der Waals surface area contributed by atoms with Gasteiger partial charge in [-0.2, -0.15) is 0 Å². The number of rotatable bonds is 6. The van der Waals surface area contributed by atoms with Crippen LogP contribution in [0.25, 0.3) is 0 Å². The molecule has 4 rings (SSSR count). The molecule has 1 N–H and O–H groups in total. The predicted molar refractivity (Wildman–Crippen MR) is 128 cm³/mol. The number of aliphatic hydroxyl groups excluding tert-OH is 1. The molecule has 2 aromatic rings. The van der Waals surface area contributed by atoms with E-state index in [9.17, 15) is 9.59 Å². The molecule has 2 aliphatic heterocycles. The SMILES string of the molecule is COC(=O)[C@H]1CC(=O)N([C@@H](C)c2ccccc2)C1.C[C@@H](c1ccccc1)N1CC[C@H](CO)C1. The van der Waals surface area contributed by atoms with Crippen molar-refractivity contribution in [3.63, 3.8) is 0 Å². The van der Waals surface area contributed by atoms with Crippen LogP contribution in [0.3, 0.4) is 0 Å². The molecule has 2 saturated heterocycles. The van der Waals surface area contributed by atoms with Crippen LogP contribution in [0.2, 0.25) is 0 Å². The number of aliphatic hydroxyl groups is 1. The van der Waals surface area contributed by atoms with Gasteiger partial charge in [0, 0.05) is 32.2 Å². The molecule has 4 atom stereocenters. The first-order valence-electron chi connectivity index (χ1n) is 11.8. The van der Waals surface area contributed by atoms with E-state index in [1.54, 1.807) is 4.90 Å². The van der Waals surface area contributed by atoms with Crippen LogP contribution in [0.15, 0.2) is 60.7 Å². The minimum Gasteiger partial charge on any atom is -0.469 e. The summed E-state index contributed by atoms with van der Waals surface area (Å²) < 4.78 is 4.70. The highest BCUT2D eigenvalue weighted by Gasteiger charge is 2.37. The zero-order chi connectivity index (χ0) is 23.8. The molecule has 2 aliphatic rings. The number of ether oxygens (including phenoxy) is 1. The van der Waals surface area contributed by atoms with Gasteiger partial charge in [0.2, 0.25) is 5.91 Å². The Kier molecular flexibility index (Phi) is 9.03. The Bertz CT molecular complexity index is 890. The maximum absolute atomic E-state index is 11.9. The lowest BCUT2D eigenvalue weighted by Gasteiger charge is -2.25. The second-order valence-corrected chi connectivity index (χ2v) is 8.98. The molecule has 0 saturated carbocycles. The highest BCUT2D eigenvalue weighted by Crippen LogP contribution is 2.29. The van der Waals surface area contributed by atoms with E-state index in [0.29, 0.717) is 25.1 Å². The third-order valence-corrected chi connectivity index (χ3v) is 6.85. The fourth-order valence-electron chi connectivity index (χ4n) is 4.65. The van der Waals surface area contributed by atoms with Crippen LogP contribution in [0.1, 0.15) is 49.9 Å². The van der Waals surface area contributed by atoms with Gasteiger partial charge in [-0.15, -0.1) is 0 Å². The van der Waals surface area contributed by atoms with Gasteiger partial charge < -0.3 is 14.7 Å². The maximum atomic E-state index is 11.9. The van der Waals surface area contributed by atoms with Crippen molar-refractivity contribution in [2.75, 3.05) is 33.4 Å². The summed E-state index contributed by atoms with van der Waals surface area (Å²) in [6.45, 7) is 7.15. The number of carbonyl (C=O) groups excluding carboxylic acids is 2. The third-order valence-electron chi connectivity index (χ3n) is 6.85. The van der Waals surface area contributed by atoms with Crippen LogP contribution in [0.5, 0.6) is 0 Å². The zero-order valence-electron chi connectivity index (χ0n) is 19.9. The summed E-state index contributed by atoms with van der Waals surface area (Å²) in [6, 6.07) is 20.9. The Morgan fingerprint density at radius 3 is 2.09 bits per heavy atom. The minimum absolute atomic E-state index is 0.00615. The highest BCUT2D eigenvalue weighted by molar-refractivity contribution is 5.87. The summed E-state index contributed by atoms with van der Waals surface area (Å²) in [5.74, 6) is -0.127. The second-order valence-electron chi connectivity index (χ2n) is 8.98. The largest absolute Gasteiger partial charge is 0.469 e. The first-order chi connectivity index (χ1) is 15.9. The Balaban J connectivity index is 0.000000189. The Morgan fingerprint density at radius 1 is 1.00 bits per heavy atom. The summed E-state index contributed by atoms with van der Waals surface area (Å²) in [6.07, 6.45) is 1.39. The molecule has 2 fully saturated rings. The molecule has 0 radical (unpaired) electrons. The molecule has 1 amide bonds. The van der Waals surface area contributed by atoms with Crippen LogP contribution in [-0.2, 0) is 14.3 Å². The number of esters is 1. The number of nitrogens with zero attached hydrogens (tertiary/aromatic N) is 2. The van der Waals surface area contributed by atoms with Crippen molar-refractivity contribution < 1.29 is 19.4 Å². The summed E-state index contributed by atoms with van der Waals surface area (Å²) in [7, 11) is 1.36. The smallest absolute Gasteiger partial charge is 0.310 e. The van der Waals surface area contributed by atoms with Crippen molar-refractivity contribution in [2.24, 2.45) is 11.8 Å². The number of amides is 1. The van der Waals surface area contributed by atoms with E-state index in [4.69, 9.17) is 9.84 Å². The number of benzene rings is 2. The van der Waals surface area contributed by atoms with Gasteiger partial charge in [-0.25, -0.2) is 0 Å². The average Bonchev–Trinajstić information content (AvgIpc) is 3.51. The van der Waals surface area contributed by atoms with E-state index in [0.717, 1.165) is 25.1 Å². The predicted octanol–water partition coefficient (Wildman–Crippen LogP) is 3.83. The van der Waals surface area contributed by atoms with Gasteiger partial charge >= 0.3 is 5.97 Å². The summed E-state index contributed by atoms with van der Waals surface area (Å²) in [4.78, 5) is 27.6. The van der Waals surface area contributed by atoms with E-state index in [1.807, 2.05) is 37.3 Å². The molecular weight excluding hydrogens is 416 g/mol. The molecule has 0 aliphatic carbocycles. The lowest BCUT2D eigenvalue weighted by Crippen LogP contribution is -2.29. The number of methoxy groups -OCH3 is 1. The summed E-state index contributed by atoms with van der Waals surface area (Å²) >= 11 is 0. The van der Waals surface area contributed by atoms with Crippen molar-refractivity contribution in [1.82, 2.24) is 9.80 Å². The normalized spacial score (nSPS) is 22.4. The van der Waals surface area contributed by atoms with E-state index < -0.39 is 0 Å². The molecule has 0 spiro atoms. The Labute approximate surface area is 197 Å². The molecule has 6 nitrogen and oxygen atoms in total. The van der Waals surface area contributed by atoms with Crippen LogP contribution in [0.4, 0.5) is 0 Å². The molecule has 33 heavy (non-hydrogen) atoms. The van der Waals surface area contributed by atoms with E-state index in [1.165, 1.54) is 12.7 Å². The minimum atomic E-state index is -0.325.